The molecule has 1 aromatic heterocycles. The lowest BCUT2D eigenvalue weighted by Gasteiger charge is -2.12. The first-order chi connectivity index (χ1) is 9.49. The topological polar surface area (TPSA) is 49.8 Å². The molecule has 0 saturated heterocycles. The zero-order valence-electron chi connectivity index (χ0n) is 11.0. The Morgan fingerprint density at radius 2 is 2.05 bits per heavy atom. The highest BCUT2D eigenvalue weighted by molar-refractivity contribution is 9.10. The molecule has 0 bridgehead atoms. The van der Waals surface area contributed by atoms with Gasteiger partial charge in [-0.2, -0.15) is 4.98 Å². The second kappa shape index (κ2) is 6.37. The van der Waals surface area contributed by atoms with Crippen molar-refractivity contribution in [2.45, 2.75) is 13.8 Å². The number of benzene rings is 1. The molecule has 106 valence electrons. The molecule has 0 aliphatic rings. The number of rotatable bonds is 4. The Morgan fingerprint density at radius 1 is 1.30 bits per heavy atom. The van der Waals surface area contributed by atoms with Crippen molar-refractivity contribution in [3.8, 4) is 0 Å². The number of aryl methyl sites for hydroxylation is 1. The van der Waals surface area contributed by atoms with E-state index < -0.39 is 5.82 Å². The van der Waals surface area contributed by atoms with E-state index in [1.807, 2.05) is 13.8 Å². The molecule has 0 unspecified atom stereocenters. The van der Waals surface area contributed by atoms with Gasteiger partial charge in [-0.1, -0.05) is 11.6 Å². The molecule has 0 amide bonds. The summed E-state index contributed by atoms with van der Waals surface area (Å²) in [5, 5.41) is 6.39. The van der Waals surface area contributed by atoms with Crippen molar-refractivity contribution in [1.82, 2.24) is 9.97 Å². The Morgan fingerprint density at radius 3 is 2.70 bits per heavy atom. The van der Waals surface area contributed by atoms with Crippen LogP contribution >= 0.6 is 27.5 Å². The molecule has 0 radical (unpaired) electrons. The van der Waals surface area contributed by atoms with Crippen molar-refractivity contribution in [1.29, 1.82) is 0 Å². The van der Waals surface area contributed by atoms with Gasteiger partial charge in [-0.3, -0.25) is 0 Å². The van der Waals surface area contributed by atoms with Crippen molar-refractivity contribution in [3.05, 3.63) is 39.2 Å². The van der Waals surface area contributed by atoms with Crippen LogP contribution in [0.15, 0.2) is 22.7 Å². The summed E-state index contributed by atoms with van der Waals surface area (Å²) in [5.74, 6) is 0.714. The lowest BCUT2D eigenvalue weighted by atomic mass is 10.3. The van der Waals surface area contributed by atoms with E-state index in [1.165, 1.54) is 12.1 Å². The van der Waals surface area contributed by atoms with E-state index in [0.29, 0.717) is 21.9 Å². The fourth-order valence-electron chi connectivity index (χ4n) is 1.66. The van der Waals surface area contributed by atoms with Crippen molar-refractivity contribution in [2.75, 3.05) is 17.2 Å². The van der Waals surface area contributed by atoms with Crippen LogP contribution < -0.4 is 10.6 Å². The molecule has 0 atom stereocenters. The van der Waals surface area contributed by atoms with Crippen molar-refractivity contribution in [2.24, 2.45) is 0 Å². The van der Waals surface area contributed by atoms with Crippen LogP contribution in [0.1, 0.15) is 12.6 Å². The molecule has 2 N–H and O–H groups in total. The standard InChI is InChI=1S/C13H13BrClFN4/c1-3-17-13-18-7(2)4-11(20-13)19-12-9(14)5-8(16)6-10(12)15/h4-6H,3H2,1-2H3,(H2,17,18,19,20). The van der Waals surface area contributed by atoms with Crippen LogP contribution in [0.2, 0.25) is 5.02 Å². The fourth-order valence-corrected chi connectivity index (χ4v) is 2.56. The average molecular weight is 360 g/mol. The Labute approximate surface area is 129 Å². The maximum atomic E-state index is 13.2. The monoisotopic (exact) mass is 358 g/mol. The van der Waals surface area contributed by atoms with Gasteiger partial charge in [0.2, 0.25) is 5.95 Å². The van der Waals surface area contributed by atoms with E-state index in [1.54, 1.807) is 6.07 Å². The Hall–Kier alpha value is -1.40. The Bertz CT molecular complexity index is 613. The number of hydrogen-bond donors (Lipinski definition) is 2. The summed E-state index contributed by atoms with van der Waals surface area (Å²) in [6.07, 6.45) is 0. The molecule has 1 aromatic carbocycles. The minimum absolute atomic E-state index is 0.276. The van der Waals surface area contributed by atoms with Crippen LogP contribution in [0.25, 0.3) is 0 Å². The van der Waals surface area contributed by atoms with Gasteiger partial charge in [-0.05, 0) is 41.9 Å². The van der Waals surface area contributed by atoms with Gasteiger partial charge in [0, 0.05) is 22.8 Å². The number of halogens is 3. The van der Waals surface area contributed by atoms with E-state index in [9.17, 15) is 4.39 Å². The molecule has 4 nitrogen and oxygen atoms in total. The number of nitrogens with zero attached hydrogens (tertiary/aromatic N) is 2. The first-order valence-electron chi connectivity index (χ1n) is 6.00. The number of anilines is 3. The quantitative estimate of drug-likeness (QED) is 0.843. The summed E-state index contributed by atoms with van der Waals surface area (Å²) in [5.41, 5.74) is 1.38. The molecular weight excluding hydrogens is 347 g/mol. The highest BCUT2D eigenvalue weighted by atomic mass is 79.9. The summed E-state index contributed by atoms with van der Waals surface area (Å²) in [4.78, 5) is 8.57. The molecule has 0 fully saturated rings. The van der Waals surface area contributed by atoms with Gasteiger partial charge < -0.3 is 10.6 Å². The largest absolute Gasteiger partial charge is 0.354 e. The smallest absolute Gasteiger partial charge is 0.224 e. The zero-order chi connectivity index (χ0) is 14.7. The molecule has 0 aliphatic carbocycles. The normalized spacial score (nSPS) is 10.4. The summed E-state index contributed by atoms with van der Waals surface area (Å²) in [6.45, 7) is 4.56. The van der Waals surface area contributed by atoms with Crippen molar-refractivity contribution < 1.29 is 4.39 Å². The minimum atomic E-state index is -0.403. The fraction of sp³-hybridized carbons (Fsp3) is 0.231. The van der Waals surface area contributed by atoms with E-state index in [4.69, 9.17) is 11.6 Å². The molecule has 20 heavy (non-hydrogen) atoms. The molecule has 0 saturated carbocycles. The molecule has 1 heterocycles. The van der Waals surface area contributed by atoms with Crippen LogP contribution in [-0.4, -0.2) is 16.5 Å². The summed E-state index contributed by atoms with van der Waals surface area (Å²) in [7, 11) is 0. The third kappa shape index (κ3) is 3.58. The van der Waals surface area contributed by atoms with Crippen LogP contribution in [0.4, 0.5) is 21.8 Å². The average Bonchev–Trinajstić information content (AvgIpc) is 2.33. The lowest BCUT2D eigenvalue weighted by Crippen LogP contribution is -2.05. The molecule has 0 spiro atoms. The van der Waals surface area contributed by atoms with Crippen molar-refractivity contribution >= 4 is 45.0 Å². The van der Waals surface area contributed by atoms with Gasteiger partial charge in [-0.15, -0.1) is 0 Å². The highest BCUT2D eigenvalue weighted by Crippen LogP contribution is 2.33. The third-order valence-electron chi connectivity index (χ3n) is 2.45. The second-order valence-electron chi connectivity index (χ2n) is 4.12. The van der Waals surface area contributed by atoms with E-state index in [0.717, 1.165) is 12.2 Å². The van der Waals surface area contributed by atoms with Gasteiger partial charge in [0.1, 0.15) is 11.6 Å². The molecule has 7 heteroatoms. The van der Waals surface area contributed by atoms with Gasteiger partial charge in [0.05, 0.1) is 10.7 Å². The minimum Gasteiger partial charge on any atom is -0.354 e. The number of nitrogens with one attached hydrogen (secondary N) is 2. The molecule has 2 aromatic rings. The first kappa shape index (κ1) is 15.0. The van der Waals surface area contributed by atoms with Crippen LogP contribution in [0, 0.1) is 12.7 Å². The van der Waals surface area contributed by atoms with Crippen molar-refractivity contribution in [3.63, 3.8) is 0 Å². The molecular formula is C13H13BrClFN4. The first-order valence-corrected chi connectivity index (χ1v) is 7.18. The Kier molecular flexibility index (Phi) is 4.77. The number of aromatic nitrogens is 2. The maximum absolute atomic E-state index is 13.2. The molecule has 0 aliphatic heterocycles. The van der Waals surface area contributed by atoms with Crippen LogP contribution in [0.3, 0.4) is 0 Å². The van der Waals surface area contributed by atoms with E-state index in [2.05, 4.69) is 36.5 Å². The lowest BCUT2D eigenvalue weighted by molar-refractivity contribution is 0.627. The number of hydrogen-bond acceptors (Lipinski definition) is 4. The SMILES string of the molecule is CCNc1nc(C)cc(Nc2c(Cl)cc(F)cc2Br)n1. The van der Waals surface area contributed by atoms with Gasteiger partial charge in [0.15, 0.2) is 0 Å². The van der Waals surface area contributed by atoms with E-state index in [-0.39, 0.29) is 5.02 Å². The Balaban J connectivity index is 2.35. The predicted molar refractivity (Wildman–Crippen MR) is 83.3 cm³/mol. The highest BCUT2D eigenvalue weighted by Gasteiger charge is 2.10. The zero-order valence-corrected chi connectivity index (χ0v) is 13.3. The van der Waals surface area contributed by atoms with Crippen LogP contribution in [-0.2, 0) is 0 Å². The summed E-state index contributed by atoms with van der Waals surface area (Å²) >= 11 is 9.31. The second-order valence-corrected chi connectivity index (χ2v) is 5.38. The van der Waals surface area contributed by atoms with Gasteiger partial charge >= 0.3 is 0 Å². The summed E-state index contributed by atoms with van der Waals surface area (Å²) < 4.78 is 13.7. The van der Waals surface area contributed by atoms with Gasteiger partial charge in [-0.25, -0.2) is 9.37 Å². The van der Waals surface area contributed by atoms with Gasteiger partial charge in [0.25, 0.3) is 0 Å². The predicted octanol–water partition coefficient (Wildman–Crippen LogP) is 4.52. The maximum Gasteiger partial charge on any atom is 0.224 e. The van der Waals surface area contributed by atoms with Crippen LogP contribution in [0.5, 0.6) is 0 Å². The summed E-state index contributed by atoms with van der Waals surface area (Å²) in [6, 6.07) is 4.37. The third-order valence-corrected chi connectivity index (χ3v) is 3.37. The molecule has 2 rings (SSSR count). The van der Waals surface area contributed by atoms with E-state index >= 15 is 0 Å².